The van der Waals surface area contributed by atoms with Gasteiger partial charge in [-0.1, -0.05) is 34.0 Å². The molecule has 1 amide bonds. The molecule has 5 heteroatoms. The van der Waals surface area contributed by atoms with E-state index >= 15 is 0 Å². The molecule has 3 nitrogen and oxygen atoms in total. The monoisotopic (exact) mass is 273 g/mol. The Balaban J connectivity index is 2.78. The molecule has 14 heavy (non-hydrogen) atoms. The SMILES string of the molecule is C#CNC(=O)Oc1ccc(Br)cc1Cl. The number of rotatable bonds is 1. The van der Waals surface area contributed by atoms with E-state index < -0.39 is 6.09 Å². The minimum atomic E-state index is -0.739. The zero-order chi connectivity index (χ0) is 10.6. The van der Waals surface area contributed by atoms with E-state index in [-0.39, 0.29) is 5.75 Å². The lowest BCUT2D eigenvalue weighted by atomic mass is 10.3. The van der Waals surface area contributed by atoms with Gasteiger partial charge in [0.15, 0.2) is 5.75 Å². The Hall–Kier alpha value is -1.18. The van der Waals surface area contributed by atoms with Crippen LogP contribution in [0.1, 0.15) is 0 Å². The first-order chi connectivity index (χ1) is 6.63. The Labute approximate surface area is 94.5 Å². The highest BCUT2D eigenvalue weighted by Crippen LogP contribution is 2.27. The van der Waals surface area contributed by atoms with Gasteiger partial charge >= 0.3 is 6.09 Å². The number of terminal acetylenes is 1. The molecule has 0 atom stereocenters. The van der Waals surface area contributed by atoms with Crippen LogP contribution in [0, 0.1) is 12.5 Å². The molecule has 0 aliphatic rings. The fraction of sp³-hybridized carbons (Fsp3) is 0. The molecule has 1 aromatic rings. The molecule has 0 radical (unpaired) electrons. The Morgan fingerprint density at radius 1 is 1.64 bits per heavy atom. The molecule has 0 fully saturated rings. The van der Waals surface area contributed by atoms with Gasteiger partial charge in [0.05, 0.1) is 5.02 Å². The van der Waals surface area contributed by atoms with Gasteiger partial charge in [0.1, 0.15) is 0 Å². The minimum absolute atomic E-state index is 0.252. The first-order valence-electron chi connectivity index (χ1n) is 3.52. The number of hydrogen-bond acceptors (Lipinski definition) is 2. The number of benzene rings is 1. The number of nitrogens with one attached hydrogen (secondary N) is 1. The highest BCUT2D eigenvalue weighted by Gasteiger charge is 2.06. The fourth-order valence-corrected chi connectivity index (χ4v) is 1.45. The van der Waals surface area contributed by atoms with Gasteiger partial charge in [0.25, 0.3) is 0 Å². The second kappa shape index (κ2) is 4.89. The molecular formula is C9H5BrClNO2. The molecule has 0 saturated heterocycles. The largest absolute Gasteiger partial charge is 0.424 e. The van der Waals surface area contributed by atoms with Crippen molar-refractivity contribution in [3.05, 3.63) is 27.7 Å². The van der Waals surface area contributed by atoms with E-state index in [2.05, 4.69) is 15.9 Å². The quantitative estimate of drug-likeness (QED) is 0.632. The summed E-state index contributed by atoms with van der Waals surface area (Å²) in [5.74, 6) is 0.252. The summed E-state index contributed by atoms with van der Waals surface area (Å²) in [5, 5.41) is 2.36. The molecule has 1 aromatic carbocycles. The summed E-state index contributed by atoms with van der Waals surface area (Å²) in [6.07, 6.45) is 4.10. The molecule has 0 spiro atoms. The first kappa shape index (κ1) is 10.9. The number of ether oxygens (including phenoxy) is 1. The van der Waals surface area contributed by atoms with Gasteiger partial charge in [-0.2, -0.15) is 0 Å². The maximum atomic E-state index is 10.9. The van der Waals surface area contributed by atoms with Crippen LogP contribution in [-0.4, -0.2) is 6.09 Å². The van der Waals surface area contributed by atoms with Crippen LogP contribution in [0.15, 0.2) is 22.7 Å². The van der Waals surface area contributed by atoms with E-state index in [1.54, 1.807) is 18.2 Å². The van der Waals surface area contributed by atoms with Crippen LogP contribution in [0.4, 0.5) is 4.79 Å². The summed E-state index contributed by atoms with van der Waals surface area (Å²) in [6.45, 7) is 0. The average molecular weight is 275 g/mol. The van der Waals surface area contributed by atoms with Crippen molar-refractivity contribution in [1.29, 1.82) is 0 Å². The van der Waals surface area contributed by atoms with Crippen molar-refractivity contribution in [2.75, 3.05) is 0 Å². The predicted octanol–water partition coefficient (Wildman–Crippen LogP) is 2.78. The van der Waals surface area contributed by atoms with Crippen molar-refractivity contribution < 1.29 is 9.53 Å². The van der Waals surface area contributed by atoms with Crippen molar-refractivity contribution in [1.82, 2.24) is 5.32 Å². The van der Waals surface area contributed by atoms with Crippen LogP contribution in [0.2, 0.25) is 5.02 Å². The topological polar surface area (TPSA) is 38.3 Å². The molecule has 0 unspecified atom stereocenters. The van der Waals surface area contributed by atoms with E-state index in [1.165, 1.54) is 0 Å². The maximum Gasteiger partial charge on any atom is 0.424 e. The Morgan fingerprint density at radius 2 is 2.36 bits per heavy atom. The molecule has 0 aromatic heterocycles. The average Bonchev–Trinajstić information content (AvgIpc) is 2.10. The number of amides is 1. The number of carbonyl (C=O) groups excluding carboxylic acids is 1. The van der Waals surface area contributed by atoms with Crippen molar-refractivity contribution in [2.45, 2.75) is 0 Å². The molecule has 0 bridgehead atoms. The zero-order valence-corrected chi connectivity index (χ0v) is 9.22. The summed E-state index contributed by atoms with van der Waals surface area (Å²) in [5.41, 5.74) is 0. The smallest absolute Gasteiger partial charge is 0.408 e. The van der Waals surface area contributed by atoms with Gasteiger partial charge in [0.2, 0.25) is 0 Å². The van der Waals surface area contributed by atoms with Crippen molar-refractivity contribution in [2.24, 2.45) is 0 Å². The van der Waals surface area contributed by atoms with Crippen LogP contribution in [0.25, 0.3) is 0 Å². The molecule has 0 aliphatic heterocycles. The summed E-state index contributed by atoms with van der Waals surface area (Å²) < 4.78 is 5.59. The Kier molecular flexibility index (Phi) is 3.81. The van der Waals surface area contributed by atoms with Crippen LogP contribution in [-0.2, 0) is 0 Å². The molecular weight excluding hydrogens is 269 g/mol. The maximum absolute atomic E-state index is 10.9. The van der Waals surface area contributed by atoms with Gasteiger partial charge < -0.3 is 4.74 Å². The lowest BCUT2D eigenvalue weighted by Gasteiger charge is -2.04. The van der Waals surface area contributed by atoms with E-state index in [4.69, 9.17) is 22.8 Å². The second-order valence-corrected chi connectivity index (χ2v) is 3.56. The third-order valence-corrected chi connectivity index (χ3v) is 2.06. The highest BCUT2D eigenvalue weighted by molar-refractivity contribution is 9.10. The van der Waals surface area contributed by atoms with Crippen LogP contribution in [0.3, 0.4) is 0 Å². The minimum Gasteiger partial charge on any atom is -0.408 e. The number of hydrogen-bond donors (Lipinski definition) is 1. The van der Waals surface area contributed by atoms with Crippen LogP contribution < -0.4 is 10.1 Å². The van der Waals surface area contributed by atoms with Gasteiger partial charge in [-0.05, 0) is 18.2 Å². The normalized spacial score (nSPS) is 8.93. The van der Waals surface area contributed by atoms with Crippen LogP contribution >= 0.6 is 27.5 Å². The van der Waals surface area contributed by atoms with Gasteiger partial charge in [-0.15, -0.1) is 0 Å². The third kappa shape index (κ3) is 2.95. The molecule has 0 saturated carbocycles. The molecule has 0 aliphatic carbocycles. The molecule has 1 rings (SSSR count). The number of carbonyl (C=O) groups is 1. The van der Waals surface area contributed by atoms with Gasteiger partial charge in [-0.25, -0.2) is 10.1 Å². The summed E-state index contributed by atoms with van der Waals surface area (Å²) in [6, 6.07) is 6.81. The standard InChI is InChI=1S/C9H5BrClNO2/c1-2-12-9(13)14-8-4-3-6(10)5-7(8)11/h1,3-5H,(H,12,13). The molecule has 1 N–H and O–H groups in total. The lowest BCUT2D eigenvalue weighted by Crippen LogP contribution is -2.21. The fourth-order valence-electron chi connectivity index (χ4n) is 0.742. The Bertz CT molecular complexity index is 400. The highest BCUT2D eigenvalue weighted by atomic mass is 79.9. The third-order valence-electron chi connectivity index (χ3n) is 1.27. The van der Waals surface area contributed by atoms with Gasteiger partial charge in [-0.3, -0.25) is 0 Å². The van der Waals surface area contributed by atoms with Gasteiger partial charge in [0, 0.05) is 10.5 Å². The van der Waals surface area contributed by atoms with Crippen molar-refractivity contribution in [3.8, 4) is 18.2 Å². The second-order valence-electron chi connectivity index (χ2n) is 2.23. The van der Waals surface area contributed by atoms with E-state index in [0.29, 0.717) is 5.02 Å². The van der Waals surface area contributed by atoms with E-state index in [0.717, 1.165) is 4.47 Å². The van der Waals surface area contributed by atoms with Crippen molar-refractivity contribution >= 4 is 33.6 Å². The lowest BCUT2D eigenvalue weighted by molar-refractivity contribution is 0.205. The van der Waals surface area contributed by atoms with E-state index in [9.17, 15) is 4.79 Å². The van der Waals surface area contributed by atoms with Crippen molar-refractivity contribution in [3.63, 3.8) is 0 Å². The first-order valence-corrected chi connectivity index (χ1v) is 4.69. The number of halogens is 2. The Morgan fingerprint density at radius 3 is 2.93 bits per heavy atom. The summed E-state index contributed by atoms with van der Waals surface area (Å²) in [7, 11) is 0. The van der Waals surface area contributed by atoms with E-state index in [1.807, 2.05) is 11.4 Å². The predicted molar refractivity (Wildman–Crippen MR) is 57.1 cm³/mol. The summed E-state index contributed by atoms with van der Waals surface area (Å²) in [4.78, 5) is 10.9. The zero-order valence-electron chi connectivity index (χ0n) is 6.88. The molecule has 0 heterocycles. The molecule has 72 valence electrons. The van der Waals surface area contributed by atoms with Crippen LogP contribution in [0.5, 0.6) is 5.75 Å². The summed E-state index contributed by atoms with van der Waals surface area (Å²) >= 11 is 9.01.